The van der Waals surface area contributed by atoms with Crippen molar-refractivity contribution in [3.63, 3.8) is 0 Å². The molecule has 2 N–H and O–H groups in total. The molecule has 0 radical (unpaired) electrons. The van der Waals surface area contributed by atoms with Crippen LogP contribution in [0.3, 0.4) is 0 Å². The van der Waals surface area contributed by atoms with Crippen LogP contribution < -0.4 is 10.1 Å². The lowest BCUT2D eigenvalue weighted by molar-refractivity contribution is -0.138. The standard InChI is InChI=1S/C18H23NO4/c20-16(21)11-18(9-1-2-10-18)19-17(22)14-5-7-15(8-6-14)23-12-13-3-4-13/h5-8,13H,1-4,9-12H2,(H,19,22)(H,20,21). The molecule has 1 aromatic carbocycles. The van der Waals surface area contributed by atoms with Crippen molar-refractivity contribution in [2.45, 2.75) is 50.5 Å². The van der Waals surface area contributed by atoms with E-state index in [0.29, 0.717) is 11.5 Å². The number of amides is 1. The number of carboxylic acids is 1. The van der Waals surface area contributed by atoms with Gasteiger partial charge in [0.2, 0.25) is 0 Å². The molecule has 2 aliphatic carbocycles. The summed E-state index contributed by atoms with van der Waals surface area (Å²) in [6.07, 6.45) is 5.85. The first-order valence-corrected chi connectivity index (χ1v) is 8.33. The van der Waals surface area contributed by atoms with E-state index in [4.69, 9.17) is 9.84 Å². The number of benzene rings is 1. The first kappa shape index (κ1) is 15.8. The van der Waals surface area contributed by atoms with Crippen LogP contribution in [0.2, 0.25) is 0 Å². The van der Waals surface area contributed by atoms with Crippen LogP contribution in [0.1, 0.15) is 55.3 Å². The third kappa shape index (κ3) is 4.24. The molecule has 0 unspecified atom stereocenters. The topological polar surface area (TPSA) is 75.6 Å². The highest BCUT2D eigenvalue weighted by molar-refractivity contribution is 5.95. The SMILES string of the molecule is O=C(O)CC1(NC(=O)c2ccc(OCC3CC3)cc2)CCCC1. The summed E-state index contributed by atoms with van der Waals surface area (Å²) in [5.74, 6) is 0.392. The molecule has 0 saturated heterocycles. The number of ether oxygens (including phenoxy) is 1. The van der Waals surface area contributed by atoms with Gasteiger partial charge in [0.1, 0.15) is 5.75 Å². The second-order valence-electron chi connectivity index (χ2n) is 6.79. The lowest BCUT2D eigenvalue weighted by atomic mass is 9.92. The number of nitrogens with one attached hydrogen (secondary N) is 1. The third-order valence-electron chi connectivity index (χ3n) is 4.73. The van der Waals surface area contributed by atoms with Gasteiger partial charge in [0.05, 0.1) is 18.6 Å². The van der Waals surface area contributed by atoms with Crippen molar-refractivity contribution >= 4 is 11.9 Å². The highest BCUT2D eigenvalue weighted by Gasteiger charge is 2.37. The average molecular weight is 317 g/mol. The normalized spacial score (nSPS) is 19.3. The van der Waals surface area contributed by atoms with Crippen LogP contribution in [0, 0.1) is 5.92 Å². The summed E-state index contributed by atoms with van der Waals surface area (Å²) in [5, 5.41) is 12.1. The van der Waals surface area contributed by atoms with Crippen LogP contribution in [0.15, 0.2) is 24.3 Å². The molecule has 2 fully saturated rings. The van der Waals surface area contributed by atoms with Crippen molar-refractivity contribution in [1.29, 1.82) is 0 Å². The van der Waals surface area contributed by atoms with Crippen LogP contribution in [-0.2, 0) is 4.79 Å². The Morgan fingerprint density at radius 1 is 1.17 bits per heavy atom. The van der Waals surface area contributed by atoms with Gasteiger partial charge in [-0.1, -0.05) is 12.8 Å². The van der Waals surface area contributed by atoms with Crippen molar-refractivity contribution in [2.75, 3.05) is 6.61 Å². The quantitative estimate of drug-likeness (QED) is 0.810. The molecule has 1 aromatic rings. The number of hydrogen-bond acceptors (Lipinski definition) is 3. The molecule has 124 valence electrons. The van der Waals surface area contributed by atoms with Crippen molar-refractivity contribution in [3.05, 3.63) is 29.8 Å². The third-order valence-corrected chi connectivity index (χ3v) is 4.73. The Morgan fingerprint density at radius 2 is 1.83 bits per heavy atom. The maximum Gasteiger partial charge on any atom is 0.305 e. The number of carboxylic acid groups (broad SMARTS) is 1. The van der Waals surface area contributed by atoms with E-state index < -0.39 is 11.5 Å². The molecule has 0 heterocycles. The van der Waals surface area contributed by atoms with Crippen LogP contribution in [0.4, 0.5) is 0 Å². The molecule has 0 spiro atoms. The fraction of sp³-hybridized carbons (Fsp3) is 0.556. The maximum atomic E-state index is 12.4. The molecule has 2 saturated carbocycles. The molecule has 0 bridgehead atoms. The van der Waals surface area contributed by atoms with E-state index in [1.807, 2.05) is 0 Å². The smallest absolute Gasteiger partial charge is 0.305 e. The largest absolute Gasteiger partial charge is 0.493 e. The predicted octanol–water partition coefficient (Wildman–Crippen LogP) is 2.99. The molecule has 0 aromatic heterocycles. The van der Waals surface area contributed by atoms with E-state index in [1.54, 1.807) is 24.3 Å². The minimum Gasteiger partial charge on any atom is -0.493 e. The van der Waals surface area contributed by atoms with Gasteiger partial charge in [-0.05, 0) is 55.9 Å². The molecule has 2 aliphatic rings. The molecule has 23 heavy (non-hydrogen) atoms. The van der Waals surface area contributed by atoms with E-state index in [0.717, 1.165) is 38.0 Å². The summed E-state index contributed by atoms with van der Waals surface area (Å²) in [4.78, 5) is 23.5. The second-order valence-corrected chi connectivity index (χ2v) is 6.79. The Balaban J connectivity index is 1.60. The van der Waals surface area contributed by atoms with Gasteiger partial charge >= 0.3 is 5.97 Å². The first-order chi connectivity index (χ1) is 11.1. The maximum absolute atomic E-state index is 12.4. The zero-order chi connectivity index (χ0) is 16.3. The van der Waals surface area contributed by atoms with Crippen molar-refractivity contribution in [2.24, 2.45) is 5.92 Å². The number of carbonyl (C=O) groups is 2. The Morgan fingerprint density at radius 3 is 2.39 bits per heavy atom. The summed E-state index contributed by atoms with van der Waals surface area (Å²) in [5.41, 5.74) is -0.0511. The monoisotopic (exact) mass is 317 g/mol. The number of aliphatic carboxylic acids is 1. The van der Waals surface area contributed by atoms with Gasteiger partial charge < -0.3 is 15.2 Å². The number of hydrogen-bond donors (Lipinski definition) is 2. The Labute approximate surface area is 136 Å². The molecule has 0 aliphatic heterocycles. The molecule has 1 amide bonds. The number of rotatable bonds is 7. The van der Waals surface area contributed by atoms with Gasteiger partial charge in [-0.15, -0.1) is 0 Å². The molecule has 0 atom stereocenters. The minimum atomic E-state index is -0.865. The first-order valence-electron chi connectivity index (χ1n) is 8.33. The highest BCUT2D eigenvalue weighted by atomic mass is 16.5. The average Bonchev–Trinajstić information content (AvgIpc) is 3.25. The zero-order valence-electron chi connectivity index (χ0n) is 13.2. The predicted molar refractivity (Wildman–Crippen MR) is 85.6 cm³/mol. The fourth-order valence-electron chi connectivity index (χ4n) is 3.20. The van der Waals surface area contributed by atoms with Crippen LogP contribution in [0.5, 0.6) is 5.75 Å². The van der Waals surface area contributed by atoms with E-state index in [2.05, 4.69) is 5.32 Å². The fourth-order valence-corrected chi connectivity index (χ4v) is 3.20. The van der Waals surface area contributed by atoms with Gasteiger partial charge in [0.15, 0.2) is 0 Å². The Kier molecular flexibility index (Phi) is 4.55. The molecule has 5 heteroatoms. The van der Waals surface area contributed by atoms with Gasteiger partial charge in [-0.2, -0.15) is 0 Å². The minimum absolute atomic E-state index is 0.0126. The lowest BCUT2D eigenvalue weighted by Gasteiger charge is -2.28. The summed E-state index contributed by atoms with van der Waals surface area (Å²) in [7, 11) is 0. The number of carbonyl (C=O) groups excluding carboxylic acids is 1. The summed E-state index contributed by atoms with van der Waals surface area (Å²) in [6.45, 7) is 0.743. The zero-order valence-corrected chi connectivity index (χ0v) is 13.2. The Hall–Kier alpha value is -2.04. The van der Waals surface area contributed by atoms with Crippen LogP contribution >= 0.6 is 0 Å². The molecule has 5 nitrogen and oxygen atoms in total. The lowest BCUT2D eigenvalue weighted by Crippen LogP contribution is -2.47. The van der Waals surface area contributed by atoms with Gasteiger partial charge in [0, 0.05) is 5.56 Å². The van der Waals surface area contributed by atoms with E-state index >= 15 is 0 Å². The van der Waals surface area contributed by atoms with Crippen LogP contribution in [0.25, 0.3) is 0 Å². The summed E-state index contributed by atoms with van der Waals surface area (Å²) < 4.78 is 5.66. The van der Waals surface area contributed by atoms with Gasteiger partial charge in [-0.25, -0.2) is 0 Å². The summed E-state index contributed by atoms with van der Waals surface area (Å²) in [6, 6.07) is 7.08. The summed E-state index contributed by atoms with van der Waals surface area (Å²) >= 11 is 0. The van der Waals surface area contributed by atoms with E-state index in [-0.39, 0.29) is 12.3 Å². The van der Waals surface area contributed by atoms with Crippen molar-refractivity contribution in [1.82, 2.24) is 5.32 Å². The van der Waals surface area contributed by atoms with Crippen molar-refractivity contribution in [3.8, 4) is 5.75 Å². The molecular weight excluding hydrogens is 294 g/mol. The van der Waals surface area contributed by atoms with Gasteiger partial charge in [0.25, 0.3) is 5.91 Å². The van der Waals surface area contributed by atoms with Gasteiger partial charge in [-0.3, -0.25) is 9.59 Å². The Bertz CT molecular complexity index is 571. The van der Waals surface area contributed by atoms with Crippen LogP contribution in [-0.4, -0.2) is 29.1 Å². The molecule has 3 rings (SSSR count). The van der Waals surface area contributed by atoms with Crippen molar-refractivity contribution < 1.29 is 19.4 Å². The van der Waals surface area contributed by atoms with E-state index in [1.165, 1.54) is 12.8 Å². The second kappa shape index (κ2) is 6.60. The van der Waals surface area contributed by atoms with E-state index in [9.17, 15) is 9.59 Å². The molecular formula is C18H23NO4. The highest BCUT2D eigenvalue weighted by Crippen LogP contribution is 2.33.